The van der Waals surface area contributed by atoms with Gasteiger partial charge < -0.3 is 15.2 Å². The van der Waals surface area contributed by atoms with Gasteiger partial charge in [0.1, 0.15) is 18.5 Å². The average molecular weight is 299 g/mol. The second kappa shape index (κ2) is 7.61. The third-order valence-corrected chi connectivity index (χ3v) is 3.21. The first-order valence-electron chi connectivity index (χ1n) is 7.27. The summed E-state index contributed by atoms with van der Waals surface area (Å²) in [5.41, 5.74) is 2.71. The van der Waals surface area contributed by atoms with Crippen LogP contribution in [-0.2, 0) is 0 Å². The first-order chi connectivity index (χ1) is 10.5. The van der Waals surface area contributed by atoms with Gasteiger partial charge in [-0.25, -0.2) is 0 Å². The zero-order valence-corrected chi connectivity index (χ0v) is 12.9. The molecule has 0 spiro atoms. The fourth-order valence-electron chi connectivity index (χ4n) is 2.06. The standard InChI is InChI=1S/C18H21NO3/c1-13-5-3-7-15(9-13)18(21)19-11-16(20)12-22-17-8-4-6-14(2)10-17/h3-10,16,20H,11-12H2,1-2H3,(H,19,21). The fraction of sp³-hybridized carbons (Fsp3) is 0.278. The smallest absolute Gasteiger partial charge is 0.251 e. The van der Waals surface area contributed by atoms with E-state index in [1.165, 1.54) is 0 Å². The van der Waals surface area contributed by atoms with Crippen molar-refractivity contribution in [2.24, 2.45) is 0 Å². The third-order valence-electron chi connectivity index (χ3n) is 3.21. The summed E-state index contributed by atoms with van der Waals surface area (Å²) in [6, 6.07) is 14.9. The summed E-state index contributed by atoms with van der Waals surface area (Å²) < 4.78 is 5.50. The Balaban J connectivity index is 1.78. The Morgan fingerprint density at radius 2 is 1.82 bits per heavy atom. The third kappa shape index (κ3) is 4.90. The molecule has 116 valence electrons. The number of hydrogen-bond acceptors (Lipinski definition) is 3. The van der Waals surface area contributed by atoms with Crippen molar-refractivity contribution < 1.29 is 14.6 Å². The number of ether oxygens (including phenoxy) is 1. The number of aryl methyl sites for hydroxylation is 2. The number of rotatable bonds is 6. The Hall–Kier alpha value is -2.33. The molecule has 4 nitrogen and oxygen atoms in total. The zero-order chi connectivity index (χ0) is 15.9. The second-order valence-electron chi connectivity index (χ2n) is 5.36. The molecule has 0 aromatic heterocycles. The van der Waals surface area contributed by atoms with E-state index < -0.39 is 6.10 Å². The second-order valence-corrected chi connectivity index (χ2v) is 5.36. The number of amides is 1. The molecule has 2 aromatic rings. The SMILES string of the molecule is Cc1cccc(OCC(O)CNC(=O)c2cccc(C)c2)c1. The molecule has 0 heterocycles. The van der Waals surface area contributed by atoms with Crippen LogP contribution in [-0.4, -0.2) is 30.3 Å². The van der Waals surface area contributed by atoms with Crippen LogP contribution in [0.3, 0.4) is 0 Å². The first kappa shape index (κ1) is 16.0. The van der Waals surface area contributed by atoms with Gasteiger partial charge in [-0.2, -0.15) is 0 Å². The van der Waals surface area contributed by atoms with Gasteiger partial charge in [0.2, 0.25) is 0 Å². The highest BCUT2D eigenvalue weighted by molar-refractivity contribution is 5.94. The van der Waals surface area contributed by atoms with Crippen LogP contribution in [0.15, 0.2) is 48.5 Å². The summed E-state index contributed by atoms with van der Waals surface area (Å²) in [4.78, 5) is 12.0. The van der Waals surface area contributed by atoms with Crippen LogP contribution in [0, 0.1) is 13.8 Å². The molecule has 0 fully saturated rings. The van der Waals surface area contributed by atoms with E-state index in [4.69, 9.17) is 4.74 Å². The number of carbonyl (C=O) groups excluding carboxylic acids is 1. The summed E-state index contributed by atoms with van der Waals surface area (Å²) in [5, 5.41) is 12.6. The molecule has 0 aliphatic rings. The van der Waals surface area contributed by atoms with Crippen LogP contribution < -0.4 is 10.1 Å². The van der Waals surface area contributed by atoms with Gasteiger partial charge in [-0.1, -0.05) is 29.8 Å². The van der Waals surface area contributed by atoms with Crippen molar-refractivity contribution in [3.05, 3.63) is 65.2 Å². The lowest BCUT2D eigenvalue weighted by Crippen LogP contribution is -2.35. The van der Waals surface area contributed by atoms with Gasteiger partial charge in [0.15, 0.2) is 0 Å². The highest BCUT2D eigenvalue weighted by atomic mass is 16.5. The highest BCUT2D eigenvalue weighted by Gasteiger charge is 2.10. The zero-order valence-electron chi connectivity index (χ0n) is 12.9. The molecule has 1 atom stereocenters. The number of nitrogens with one attached hydrogen (secondary N) is 1. The molecular weight excluding hydrogens is 278 g/mol. The van der Waals surface area contributed by atoms with E-state index in [0.717, 1.165) is 11.1 Å². The molecule has 2 aromatic carbocycles. The van der Waals surface area contributed by atoms with Crippen molar-refractivity contribution >= 4 is 5.91 Å². The normalized spacial score (nSPS) is 11.8. The number of benzene rings is 2. The van der Waals surface area contributed by atoms with E-state index in [0.29, 0.717) is 11.3 Å². The van der Waals surface area contributed by atoms with Crippen LogP contribution in [0.4, 0.5) is 0 Å². The summed E-state index contributed by atoms with van der Waals surface area (Å²) in [6.07, 6.45) is -0.755. The van der Waals surface area contributed by atoms with E-state index in [1.54, 1.807) is 6.07 Å². The largest absolute Gasteiger partial charge is 0.491 e. The molecule has 0 aliphatic carbocycles. The molecule has 22 heavy (non-hydrogen) atoms. The van der Waals surface area contributed by atoms with Crippen LogP contribution >= 0.6 is 0 Å². The topological polar surface area (TPSA) is 58.6 Å². The Labute approximate surface area is 130 Å². The minimum absolute atomic E-state index is 0.136. The van der Waals surface area contributed by atoms with Crippen molar-refractivity contribution in [1.29, 1.82) is 0 Å². The van der Waals surface area contributed by atoms with E-state index in [1.807, 2.05) is 56.3 Å². The summed E-state index contributed by atoms with van der Waals surface area (Å²) in [7, 11) is 0. The molecular formula is C18H21NO3. The maximum atomic E-state index is 12.0. The summed E-state index contributed by atoms with van der Waals surface area (Å²) >= 11 is 0. The van der Waals surface area contributed by atoms with Gasteiger partial charge in [-0.3, -0.25) is 4.79 Å². The van der Waals surface area contributed by atoms with Crippen LogP contribution in [0.25, 0.3) is 0 Å². The van der Waals surface area contributed by atoms with Gasteiger partial charge >= 0.3 is 0 Å². The molecule has 0 saturated heterocycles. The van der Waals surface area contributed by atoms with Crippen molar-refractivity contribution in [1.82, 2.24) is 5.32 Å². The van der Waals surface area contributed by atoms with Crippen LogP contribution in [0.2, 0.25) is 0 Å². The highest BCUT2D eigenvalue weighted by Crippen LogP contribution is 2.12. The van der Waals surface area contributed by atoms with Crippen LogP contribution in [0.5, 0.6) is 5.75 Å². The van der Waals surface area contributed by atoms with E-state index in [2.05, 4.69) is 5.32 Å². The van der Waals surface area contributed by atoms with E-state index in [-0.39, 0.29) is 19.1 Å². The minimum Gasteiger partial charge on any atom is -0.491 e. The monoisotopic (exact) mass is 299 g/mol. The van der Waals surface area contributed by atoms with Crippen molar-refractivity contribution in [3.8, 4) is 5.75 Å². The Morgan fingerprint density at radius 3 is 2.50 bits per heavy atom. The summed E-state index contributed by atoms with van der Waals surface area (Å²) in [5.74, 6) is 0.516. The van der Waals surface area contributed by atoms with Crippen LogP contribution in [0.1, 0.15) is 21.5 Å². The lowest BCUT2D eigenvalue weighted by Gasteiger charge is -2.13. The lowest BCUT2D eigenvalue weighted by molar-refractivity contribution is 0.0843. The van der Waals surface area contributed by atoms with E-state index in [9.17, 15) is 9.90 Å². The van der Waals surface area contributed by atoms with Crippen molar-refractivity contribution in [2.45, 2.75) is 20.0 Å². The molecule has 1 unspecified atom stereocenters. The summed E-state index contributed by atoms with van der Waals surface area (Å²) in [6.45, 7) is 4.20. The minimum atomic E-state index is -0.755. The predicted octanol–water partition coefficient (Wildman–Crippen LogP) is 2.47. The predicted molar refractivity (Wildman–Crippen MR) is 86.2 cm³/mol. The molecule has 2 N–H and O–H groups in total. The Bertz CT molecular complexity index is 640. The number of aliphatic hydroxyl groups is 1. The molecule has 4 heteroatoms. The first-order valence-corrected chi connectivity index (χ1v) is 7.27. The van der Waals surface area contributed by atoms with Crippen molar-refractivity contribution in [2.75, 3.05) is 13.2 Å². The number of carbonyl (C=O) groups is 1. The Kier molecular flexibility index (Phi) is 5.55. The average Bonchev–Trinajstić information content (AvgIpc) is 2.50. The molecule has 0 saturated carbocycles. The van der Waals surface area contributed by atoms with Gasteiger partial charge in [0, 0.05) is 12.1 Å². The molecule has 0 aliphatic heterocycles. The maximum absolute atomic E-state index is 12.0. The van der Waals surface area contributed by atoms with Gasteiger partial charge in [0.05, 0.1) is 0 Å². The van der Waals surface area contributed by atoms with Gasteiger partial charge in [-0.15, -0.1) is 0 Å². The van der Waals surface area contributed by atoms with Gasteiger partial charge in [-0.05, 0) is 43.7 Å². The molecule has 1 amide bonds. The number of hydrogen-bond donors (Lipinski definition) is 2. The fourth-order valence-corrected chi connectivity index (χ4v) is 2.06. The van der Waals surface area contributed by atoms with Crippen molar-refractivity contribution in [3.63, 3.8) is 0 Å². The van der Waals surface area contributed by atoms with E-state index >= 15 is 0 Å². The molecule has 0 bridgehead atoms. The Morgan fingerprint density at radius 1 is 1.14 bits per heavy atom. The molecule has 0 radical (unpaired) electrons. The maximum Gasteiger partial charge on any atom is 0.251 e. The lowest BCUT2D eigenvalue weighted by atomic mass is 10.1. The quantitative estimate of drug-likeness (QED) is 0.861. The van der Waals surface area contributed by atoms with Gasteiger partial charge in [0.25, 0.3) is 5.91 Å². The number of aliphatic hydroxyl groups excluding tert-OH is 1. The molecule has 2 rings (SSSR count).